The maximum absolute atomic E-state index is 5.75. The number of aryl methyl sites for hydroxylation is 1. The highest BCUT2D eigenvalue weighted by Gasteiger charge is 2.13. The molecule has 2 N–H and O–H groups in total. The predicted molar refractivity (Wildman–Crippen MR) is 81.3 cm³/mol. The van der Waals surface area contributed by atoms with Crippen LogP contribution in [0, 0.1) is 6.92 Å². The standard InChI is InChI=1S/C15H13N3S/c1-10-5-7-11(8-6-10)15-17-13(14(16)19)12-4-2-3-9-18(12)15/h2-9H,1H3,(H2,16,19). The number of hydrogen-bond acceptors (Lipinski definition) is 2. The van der Waals surface area contributed by atoms with Gasteiger partial charge in [0.15, 0.2) is 0 Å². The molecule has 0 unspecified atom stereocenters. The van der Waals surface area contributed by atoms with Crippen molar-refractivity contribution in [2.45, 2.75) is 6.92 Å². The van der Waals surface area contributed by atoms with Crippen LogP contribution in [0.25, 0.3) is 16.9 Å². The fraction of sp³-hybridized carbons (Fsp3) is 0.0667. The second-order valence-electron chi connectivity index (χ2n) is 4.47. The largest absolute Gasteiger partial charge is 0.388 e. The summed E-state index contributed by atoms with van der Waals surface area (Å²) >= 11 is 5.08. The fourth-order valence-electron chi connectivity index (χ4n) is 2.13. The van der Waals surface area contributed by atoms with Crippen molar-refractivity contribution in [3.05, 3.63) is 59.9 Å². The molecule has 0 saturated carbocycles. The Hall–Kier alpha value is -2.20. The van der Waals surface area contributed by atoms with Crippen molar-refractivity contribution in [1.82, 2.24) is 9.38 Å². The number of imidazole rings is 1. The second kappa shape index (κ2) is 4.48. The van der Waals surface area contributed by atoms with Crippen LogP contribution in [0.1, 0.15) is 11.3 Å². The lowest BCUT2D eigenvalue weighted by Gasteiger charge is -2.01. The SMILES string of the molecule is Cc1ccc(-c2nc(C(N)=S)c3ccccn23)cc1. The molecule has 0 fully saturated rings. The first kappa shape index (κ1) is 11.9. The van der Waals surface area contributed by atoms with Crippen LogP contribution in [-0.2, 0) is 0 Å². The number of nitrogens with two attached hydrogens (primary N) is 1. The normalized spacial score (nSPS) is 10.8. The molecule has 1 aromatic carbocycles. The summed E-state index contributed by atoms with van der Waals surface area (Å²) in [6, 6.07) is 14.1. The topological polar surface area (TPSA) is 43.3 Å². The molecular formula is C15H13N3S. The van der Waals surface area contributed by atoms with Gasteiger partial charge in [0, 0.05) is 11.8 Å². The summed E-state index contributed by atoms with van der Waals surface area (Å²) in [6.07, 6.45) is 1.97. The molecular weight excluding hydrogens is 254 g/mol. The van der Waals surface area contributed by atoms with Crippen LogP contribution in [0.2, 0.25) is 0 Å². The molecule has 0 atom stereocenters. The van der Waals surface area contributed by atoms with E-state index in [1.165, 1.54) is 5.56 Å². The van der Waals surface area contributed by atoms with Crippen LogP contribution in [-0.4, -0.2) is 14.4 Å². The molecule has 19 heavy (non-hydrogen) atoms. The molecule has 94 valence electrons. The number of nitrogens with zero attached hydrogens (tertiary/aromatic N) is 2. The van der Waals surface area contributed by atoms with Crippen molar-refractivity contribution < 1.29 is 0 Å². The molecule has 0 spiro atoms. The van der Waals surface area contributed by atoms with Gasteiger partial charge in [-0.1, -0.05) is 48.1 Å². The molecule has 3 nitrogen and oxygen atoms in total. The third-order valence-electron chi connectivity index (χ3n) is 3.09. The molecule has 0 aliphatic carbocycles. The zero-order chi connectivity index (χ0) is 13.4. The molecule has 0 aliphatic heterocycles. The summed E-state index contributed by atoms with van der Waals surface area (Å²) in [6.45, 7) is 2.06. The Kier molecular flexibility index (Phi) is 2.80. The Balaban J connectivity index is 2.29. The minimum absolute atomic E-state index is 0.321. The molecule has 4 heteroatoms. The molecule has 0 amide bonds. The highest BCUT2D eigenvalue weighted by atomic mass is 32.1. The molecule has 0 aliphatic rings. The molecule has 0 radical (unpaired) electrons. The first-order chi connectivity index (χ1) is 9.16. The number of fused-ring (bicyclic) bond motifs is 1. The van der Waals surface area contributed by atoms with Crippen LogP contribution in [0.4, 0.5) is 0 Å². The quantitative estimate of drug-likeness (QED) is 0.726. The van der Waals surface area contributed by atoms with E-state index in [1.54, 1.807) is 0 Å². The number of aromatic nitrogens is 2. The van der Waals surface area contributed by atoms with E-state index in [1.807, 2.05) is 28.8 Å². The number of rotatable bonds is 2. The monoisotopic (exact) mass is 267 g/mol. The number of thiocarbonyl (C=S) groups is 1. The molecule has 3 aromatic rings. The average molecular weight is 267 g/mol. The maximum atomic E-state index is 5.75. The zero-order valence-electron chi connectivity index (χ0n) is 10.5. The Labute approximate surface area is 116 Å². The van der Waals surface area contributed by atoms with E-state index >= 15 is 0 Å². The molecule has 2 heterocycles. The van der Waals surface area contributed by atoms with Gasteiger partial charge in [-0.25, -0.2) is 4.98 Å². The number of hydrogen-bond donors (Lipinski definition) is 1. The van der Waals surface area contributed by atoms with E-state index < -0.39 is 0 Å². The van der Waals surface area contributed by atoms with Gasteiger partial charge in [0.2, 0.25) is 0 Å². The van der Waals surface area contributed by atoms with Gasteiger partial charge in [0.1, 0.15) is 16.5 Å². The summed E-state index contributed by atoms with van der Waals surface area (Å²) in [5, 5.41) is 0. The van der Waals surface area contributed by atoms with E-state index in [0.717, 1.165) is 16.9 Å². The van der Waals surface area contributed by atoms with Crippen molar-refractivity contribution in [2.24, 2.45) is 5.73 Å². The van der Waals surface area contributed by atoms with Crippen molar-refractivity contribution >= 4 is 22.7 Å². The van der Waals surface area contributed by atoms with Crippen LogP contribution >= 0.6 is 12.2 Å². The van der Waals surface area contributed by atoms with Crippen molar-refractivity contribution in [2.75, 3.05) is 0 Å². The van der Waals surface area contributed by atoms with Gasteiger partial charge >= 0.3 is 0 Å². The van der Waals surface area contributed by atoms with Crippen molar-refractivity contribution in [1.29, 1.82) is 0 Å². The van der Waals surface area contributed by atoms with Gasteiger partial charge < -0.3 is 5.73 Å². The number of benzene rings is 1. The summed E-state index contributed by atoms with van der Waals surface area (Å²) < 4.78 is 2.01. The molecule has 3 rings (SSSR count). The van der Waals surface area contributed by atoms with Crippen molar-refractivity contribution in [3.8, 4) is 11.4 Å². The van der Waals surface area contributed by atoms with Gasteiger partial charge in [-0.05, 0) is 19.1 Å². The Morgan fingerprint density at radius 3 is 2.58 bits per heavy atom. The first-order valence-electron chi connectivity index (χ1n) is 6.01. The van der Waals surface area contributed by atoms with Gasteiger partial charge in [-0.2, -0.15) is 0 Å². The summed E-state index contributed by atoms with van der Waals surface area (Å²) in [7, 11) is 0. The minimum atomic E-state index is 0.321. The zero-order valence-corrected chi connectivity index (χ0v) is 11.3. The number of pyridine rings is 1. The van der Waals surface area contributed by atoms with Crippen LogP contribution < -0.4 is 5.73 Å². The summed E-state index contributed by atoms with van der Waals surface area (Å²) in [5.74, 6) is 0.860. The minimum Gasteiger partial charge on any atom is -0.388 e. The Morgan fingerprint density at radius 1 is 1.16 bits per heavy atom. The van der Waals surface area contributed by atoms with Gasteiger partial charge in [-0.15, -0.1) is 0 Å². The van der Waals surface area contributed by atoms with Gasteiger partial charge in [-0.3, -0.25) is 4.40 Å². The molecule has 0 bridgehead atoms. The molecule has 0 saturated heterocycles. The third-order valence-corrected chi connectivity index (χ3v) is 3.28. The lowest BCUT2D eigenvalue weighted by atomic mass is 10.1. The smallest absolute Gasteiger partial charge is 0.145 e. The van der Waals surface area contributed by atoms with Crippen LogP contribution in [0.15, 0.2) is 48.7 Å². The Bertz CT molecular complexity index is 757. The first-order valence-corrected chi connectivity index (χ1v) is 6.41. The predicted octanol–water partition coefficient (Wildman–Crippen LogP) is 2.94. The lowest BCUT2D eigenvalue weighted by molar-refractivity contribution is 1.16. The second-order valence-corrected chi connectivity index (χ2v) is 4.91. The highest BCUT2D eigenvalue weighted by molar-refractivity contribution is 7.80. The highest BCUT2D eigenvalue weighted by Crippen LogP contribution is 2.23. The van der Waals surface area contributed by atoms with Crippen LogP contribution in [0.3, 0.4) is 0 Å². The van der Waals surface area contributed by atoms with E-state index in [2.05, 4.69) is 36.2 Å². The summed E-state index contributed by atoms with van der Waals surface area (Å²) in [4.78, 5) is 4.91. The van der Waals surface area contributed by atoms with E-state index in [9.17, 15) is 0 Å². The van der Waals surface area contributed by atoms with Gasteiger partial charge in [0.25, 0.3) is 0 Å². The lowest BCUT2D eigenvalue weighted by Crippen LogP contribution is -2.10. The van der Waals surface area contributed by atoms with E-state index in [0.29, 0.717) is 10.7 Å². The van der Waals surface area contributed by atoms with Crippen LogP contribution in [0.5, 0.6) is 0 Å². The Morgan fingerprint density at radius 2 is 1.89 bits per heavy atom. The molecule has 2 aromatic heterocycles. The van der Waals surface area contributed by atoms with E-state index in [-0.39, 0.29) is 0 Å². The average Bonchev–Trinajstić information content (AvgIpc) is 2.79. The fourth-order valence-corrected chi connectivity index (χ4v) is 2.28. The maximum Gasteiger partial charge on any atom is 0.145 e. The third kappa shape index (κ3) is 2.00. The summed E-state index contributed by atoms with van der Waals surface area (Å²) in [5.41, 5.74) is 9.63. The van der Waals surface area contributed by atoms with Gasteiger partial charge in [0.05, 0.1) is 5.52 Å². The van der Waals surface area contributed by atoms with E-state index in [4.69, 9.17) is 18.0 Å². The van der Waals surface area contributed by atoms with Crippen molar-refractivity contribution in [3.63, 3.8) is 0 Å².